The highest BCUT2D eigenvalue weighted by Crippen LogP contribution is 2.01. The molecule has 0 aromatic carbocycles. The summed E-state index contributed by atoms with van der Waals surface area (Å²) in [5.74, 6) is 0.528. The summed E-state index contributed by atoms with van der Waals surface area (Å²) in [7, 11) is 0. The third-order valence-corrected chi connectivity index (χ3v) is 2.09. The summed E-state index contributed by atoms with van der Waals surface area (Å²) < 4.78 is 10.8. The Hall–Kier alpha value is -1.13. The number of aromatic nitrogens is 1. The summed E-state index contributed by atoms with van der Waals surface area (Å²) in [5.41, 5.74) is 6.41. The lowest BCUT2D eigenvalue weighted by Crippen LogP contribution is -2.06. The zero-order chi connectivity index (χ0) is 11.6. The van der Waals surface area contributed by atoms with Gasteiger partial charge in [0.2, 0.25) is 0 Å². The van der Waals surface area contributed by atoms with E-state index in [1.165, 1.54) is 0 Å². The van der Waals surface area contributed by atoms with E-state index in [1.54, 1.807) is 6.07 Å². The lowest BCUT2D eigenvalue weighted by atomic mass is 10.3. The number of rotatable bonds is 8. The molecule has 0 radical (unpaired) electrons. The van der Waals surface area contributed by atoms with Crippen LogP contribution in [0.5, 0.6) is 0 Å². The highest BCUT2D eigenvalue weighted by molar-refractivity contribution is 5.28. The Morgan fingerprint density at radius 3 is 2.75 bits per heavy atom. The number of pyridine rings is 1. The van der Waals surface area contributed by atoms with Crippen molar-refractivity contribution in [2.45, 2.75) is 26.4 Å². The van der Waals surface area contributed by atoms with E-state index in [2.05, 4.69) is 11.9 Å². The van der Waals surface area contributed by atoms with Crippen molar-refractivity contribution in [2.24, 2.45) is 0 Å². The van der Waals surface area contributed by atoms with Gasteiger partial charge in [-0.2, -0.15) is 0 Å². The summed E-state index contributed by atoms with van der Waals surface area (Å²) in [4.78, 5) is 4.13. The molecule has 90 valence electrons. The SMILES string of the molecule is CCCCOCCOCc1cccc(N)n1. The van der Waals surface area contributed by atoms with E-state index in [0.717, 1.165) is 25.1 Å². The second kappa shape index (κ2) is 8.07. The summed E-state index contributed by atoms with van der Waals surface area (Å²) >= 11 is 0. The average molecular weight is 224 g/mol. The van der Waals surface area contributed by atoms with Crippen LogP contribution in [-0.2, 0) is 16.1 Å². The number of hydrogen-bond acceptors (Lipinski definition) is 4. The van der Waals surface area contributed by atoms with E-state index in [4.69, 9.17) is 15.2 Å². The molecule has 1 rings (SSSR count). The molecular weight excluding hydrogens is 204 g/mol. The maximum absolute atomic E-state index is 5.55. The Kier molecular flexibility index (Phi) is 6.53. The Balaban J connectivity index is 2.03. The molecule has 0 saturated carbocycles. The van der Waals surface area contributed by atoms with Crippen molar-refractivity contribution >= 4 is 5.82 Å². The normalized spacial score (nSPS) is 10.6. The van der Waals surface area contributed by atoms with Gasteiger partial charge in [-0.25, -0.2) is 4.98 Å². The van der Waals surface area contributed by atoms with Gasteiger partial charge in [-0.15, -0.1) is 0 Å². The van der Waals surface area contributed by atoms with Crippen molar-refractivity contribution in [3.05, 3.63) is 23.9 Å². The van der Waals surface area contributed by atoms with E-state index in [9.17, 15) is 0 Å². The molecule has 0 unspecified atom stereocenters. The van der Waals surface area contributed by atoms with Gasteiger partial charge in [0.05, 0.1) is 25.5 Å². The topological polar surface area (TPSA) is 57.4 Å². The van der Waals surface area contributed by atoms with Crippen LogP contribution in [0, 0.1) is 0 Å². The maximum atomic E-state index is 5.55. The molecular formula is C12H20N2O2. The molecule has 0 aliphatic rings. The number of ether oxygens (including phenoxy) is 2. The summed E-state index contributed by atoms with van der Waals surface area (Å²) in [6.07, 6.45) is 2.27. The summed E-state index contributed by atoms with van der Waals surface area (Å²) in [6, 6.07) is 5.53. The molecule has 1 heterocycles. The smallest absolute Gasteiger partial charge is 0.123 e. The number of nitrogens with two attached hydrogens (primary N) is 1. The fourth-order valence-electron chi connectivity index (χ4n) is 1.22. The van der Waals surface area contributed by atoms with Crippen LogP contribution in [0.15, 0.2) is 18.2 Å². The first-order valence-corrected chi connectivity index (χ1v) is 5.70. The quantitative estimate of drug-likeness (QED) is 0.686. The van der Waals surface area contributed by atoms with Crippen molar-refractivity contribution in [1.29, 1.82) is 0 Å². The predicted molar refractivity (Wildman–Crippen MR) is 64.0 cm³/mol. The second-order valence-corrected chi connectivity index (χ2v) is 3.57. The maximum Gasteiger partial charge on any atom is 0.123 e. The molecule has 4 heteroatoms. The molecule has 16 heavy (non-hydrogen) atoms. The monoisotopic (exact) mass is 224 g/mol. The number of hydrogen-bond donors (Lipinski definition) is 1. The summed E-state index contributed by atoms with van der Waals surface area (Å²) in [5, 5.41) is 0. The lowest BCUT2D eigenvalue weighted by molar-refractivity contribution is 0.0386. The molecule has 0 saturated heterocycles. The van der Waals surface area contributed by atoms with Crippen LogP contribution in [-0.4, -0.2) is 24.8 Å². The van der Waals surface area contributed by atoms with Gasteiger partial charge in [0.1, 0.15) is 5.82 Å². The van der Waals surface area contributed by atoms with Gasteiger partial charge in [0.15, 0.2) is 0 Å². The van der Waals surface area contributed by atoms with Gasteiger partial charge in [0, 0.05) is 6.61 Å². The predicted octanol–water partition coefficient (Wildman–Crippen LogP) is 2.00. The van der Waals surface area contributed by atoms with Crippen molar-refractivity contribution in [2.75, 3.05) is 25.6 Å². The Morgan fingerprint density at radius 1 is 1.19 bits per heavy atom. The second-order valence-electron chi connectivity index (χ2n) is 3.57. The first-order chi connectivity index (χ1) is 7.83. The third-order valence-electron chi connectivity index (χ3n) is 2.09. The first-order valence-electron chi connectivity index (χ1n) is 5.70. The van der Waals surface area contributed by atoms with E-state index in [1.807, 2.05) is 12.1 Å². The van der Waals surface area contributed by atoms with Crippen molar-refractivity contribution in [3.63, 3.8) is 0 Å². The van der Waals surface area contributed by atoms with Gasteiger partial charge >= 0.3 is 0 Å². The lowest BCUT2D eigenvalue weighted by Gasteiger charge is -2.05. The fraction of sp³-hybridized carbons (Fsp3) is 0.583. The van der Waals surface area contributed by atoms with Crippen LogP contribution >= 0.6 is 0 Å². The number of unbranched alkanes of at least 4 members (excludes halogenated alkanes) is 1. The fourth-order valence-corrected chi connectivity index (χ4v) is 1.22. The molecule has 0 aliphatic heterocycles. The molecule has 0 atom stereocenters. The minimum Gasteiger partial charge on any atom is -0.384 e. The molecule has 0 amide bonds. The Labute approximate surface area is 96.8 Å². The highest BCUT2D eigenvalue weighted by Gasteiger charge is 1.95. The molecule has 0 fully saturated rings. The summed E-state index contributed by atoms with van der Waals surface area (Å²) in [6.45, 7) is 4.69. The molecule has 0 bridgehead atoms. The van der Waals surface area contributed by atoms with E-state index >= 15 is 0 Å². The average Bonchev–Trinajstić information content (AvgIpc) is 2.28. The zero-order valence-corrected chi connectivity index (χ0v) is 9.82. The Morgan fingerprint density at radius 2 is 2.00 bits per heavy atom. The third kappa shape index (κ3) is 5.68. The van der Waals surface area contributed by atoms with Crippen LogP contribution in [0.25, 0.3) is 0 Å². The van der Waals surface area contributed by atoms with Crippen LogP contribution in [0.3, 0.4) is 0 Å². The molecule has 1 aromatic heterocycles. The van der Waals surface area contributed by atoms with Crippen molar-refractivity contribution in [3.8, 4) is 0 Å². The van der Waals surface area contributed by atoms with E-state index in [0.29, 0.717) is 25.6 Å². The van der Waals surface area contributed by atoms with Crippen molar-refractivity contribution in [1.82, 2.24) is 4.98 Å². The molecule has 0 aliphatic carbocycles. The first kappa shape index (κ1) is 12.9. The number of anilines is 1. The van der Waals surface area contributed by atoms with E-state index in [-0.39, 0.29) is 0 Å². The Bertz CT molecular complexity index is 292. The van der Waals surface area contributed by atoms with Gasteiger partial charge in [0.25, 0.3) is 0 Å². The minimum absolute atomic E-state index is 0.488. The zero-order valence-electron chi connectivity index (χ0n) is 9.82. The molecule has 4 nitrogen and oxygen atoms in total. The van der Waals surface area contributed by atoms with Crippen LogP contribution < -0.4 is 5.73 Å². The van der Waals surface area contributed by atoms with Gasteiger partial charge < -0.3 is 15.2 Å². The molecule has 1 aromatic rings. The van der Waals surface area contributed by atoms with Crippen LogP contribution in [0.4, 0.5) is 5.82 Å². The van der Waals surface area contributed by atoms with Gasteiger partial charge in [-0.1, -0.05) is 19.4 Å². The number of nitrogen functional groups attached to an aromatic ring is 1. The number of nitrogens with zero attached hydrogens (tertiary/aromatic N) is 1. The molecule has 0 spiro atoms. The largest absolute Gasteiger partial charge is 0.384 e. The minimum atomic E-state index is 0.488. The van der Waals surface area contributed by atoms with Gasteiger partial charge in [-0.05, 0) is 18.6 Å². The van der Waals surface area contributed by atoms with E-state index < -0.39 is 0 Å². The standard InChI is InChI=1S/C12H20N2O2/c1-2-3-7-15-8-9-16-10-11-5-4-6-12(13)14-11/h4-6H,2-3,7-10H2,1H3,(H2,13,14). The van der Waals surface area contributed by atoms with Crippen LogP contribution in [0.2, 0.25) is 0 Å². The van der Waals surface area contributed by atoms with Gasteiger partial charge in [-0.3, -0.25) is 0 Å². The highest BCUT2D eigenvalue weighted by atomic mass is 16.5. The molecule has 2 N–H and O–H groups in total. The van der Waals surface area contributed by atoms with Crippen LogP contribution in [0.1, 0.15) is 25.5 Å². The van der Waals surface area contributed by atoms with Crippen molar-refractivity contribution < 1.29 is 9.47 Å².